The zero-order valence-corrected chi connectivity index (χ0v) is 19.1. The van der Waals surface area contributed by atoms with Gasteiger partial charge in [0.1, 0.15) is 0 Å². The average Bonchev–Trinajstić information content (AvgIpc) is 1.00. The van der Waals surface area contributed by atoms with Crippen LogP contribution in [0.1, 0.15) is 0 Å². The Morgan fingerprint density at radius 2 is 1.11 bits per heavy atom. The summed E-state index contributed by atoms with van der Waals surface area (Å²) in [6.07, 6.45) is 3.54. The van der Waals surface area contributed by atoms with Crippen molar-refractivity contribution in [2.75, 3.05) is 0 Å². The molecular weight excluding hydrogens is 958 g/mol. The van der Waals surface area contributed by atoms with Gasteiger partial charge in [-0.2, -0.15) is 0 Å². The van der Waals surface area contributed by atoms with E-state index in [9.17, 15) is 0 Å². The SMILES string of the molecule is P#[Te].[Ag].[Ce].[Cu].[InH3].[Mo].[Nb].[W]. The summed E-state index contributed by atoms with van der Waals surface area (Å²) in [5.74, 6) is 0. The molecule has 0 saturated carbocycles. The van der Waals surface area contributed by atoms with Gasteiger partial charge >= 0.3 is 53.1 Å². The van der Waals surface area contributed by atoms with Crippen molar-refractivity contribution in [1.29, 1.82) is 0 Å². The van der Waals surface area contributed by atoms with Gasteiger partial charge in [0, 0.05) is 146 Å². The van der Waals surface area contributed by atoms with E-state index in [-0.39, 0.29) is 172 Å². The molecule has 0 heterocycles. The molecule has 0 aliphatic heterocycles. The minimum Gasteiger partial charge on any atom is 0 e. The van der Waals surface area contributed by atoms with E-state index >= 15 is 0 Å². The van der Waals surface area contributed by atoms with Crippen molar-refractivity contribution in [3.63, 3.8) is 0 Å². The molecule has 0 spiro atoms. The van der Waals surface area contributed by atoms with Gasteiger partial charge in [0.25, 0.3) is 0 Å². The summed E-state index contributed by atoms with van der Waals surface area (Å²) in [5.41, 5.74) is 0. The number of hydrogen-bond acceptors (Lipinski definition) is 0. The Balaban J connectivity index is -0.000000000238. The second kappa shape index (κ2) is 60.7. The van der Waals surface area contributed by atoms with Gasteiger partial charge in [-0.1, -0.05) is 0 Å². The molecule has 4 radical (unpaired) electrons. The monoisotopic (exact) mass is 963 g/mol. The molecule has 9 heteroatoms. The van der Waals surface area contributed by atoms with Gasteiger partial charge in [0.15, 0.2) is 0 Å². The van der Waals surface area contributed by atoms with E-state index < -0.39 is 0 Å². The van der Waals surface area contributed by atoms with Crippen molar-refractivity contribution in [2.45, 2.75) is 0 Å². The van der Waals surface area contributed by atoms with E-state index in [1.165, 1.54) is 0 Å². The van der Waals surface area contributed by atoms with Crippen molar-refractivity contribution < 1.29 is 146 Å². The van der Waals surface area contributed by atoms with Gasteiger partial charge < -0.3 is 0 Å². The molecule has 0 fully saturated rings. The summed E-state index contributed by atoms with van der Waals surface area (Å²) in [6, 6.07) is 0. The molecule has 0 amide bonds. The summed E-state index contributed by atoms with van der Waals surface area (Å²) in [6.45, 7) is 0. The van der Waals surface area contributed by atoms with Crippen LogP contribution in [0.25, 0.3) is 0 Å². The van der Waals surface area contributed by atoms with Crippen LogP contribution in [0.5, 0.6) is 0 Å². The van der Waals surface area contributed by atoms with Crippen molar-refractivity contribution >= 4 is 53.1 Å². The van der Waals surface area contributed by atoms with Crippen molar-refractivity contribution in [2.24, 2.45) is 0 Å². The largest absolute Gasteiger partial charge is 0 e. The molecule has 60 valence electrons. The second-order valence-electron chi connectivity index (χ2n) is 0. The van der Waals surface area contributed by atoms with Crippen molar-refractivity contribution in [3.05, 3.63) is 0 Å². The maximum absolute atomic E-state index is 3.54. The summed E-state index contributed by atoms with van der Waals surface area (Å²) in [5, 5.41) is 0. The Hall–Kier alpha value is 6.84. The minimum absolute atomic E-state index is 0. The minimum atomic E-state index is 0. The quantitative estimate of drug-likeness (QED) is 0.223. The molecule has 0 rings (SSSR count). The molecule has 0 bridgehead atoms. The van der Waals surface area contributed by atoms with Crippen LogP contribution in [0, 0.1) is 41.7 Å². The third kappa shape index (κ3) is 52.3. The Bertz CT molecular complexity index is 33.3. The Morgan fingerprint density at radius 3 is 1.11 bits per heavy atom. The van der Waals surface area contributed by atoms with Crippen LogP contribution in [0.4, 0.5) is 0 Å². The van der Waals surface area contributed by atoms with Gasteiger partial charge in [0.2, 0.25) is 0 Å². The van der Waals surface area contributed by atoms with Crippen LogP contribution in [-0.4, -0.2) is 46.8 Å². The molecule has 0 atom stereocenters. The number of rotatable bonds is 0. The van der Waals surface area contributed by atoms with E-state index in [4.69, 9.17) is 0 Å². The molecule has 0 unspecified atom stereocenters. The standard InChI is InChI=1S/Ag.Ce.Cu.In.Mo.Nb.PTe.W.3H/c;;;;;;1-2;;;;. The normalized spacial score (nSPS) is 0.222. The van der Waals surface area contributed by atoms with Crippen LogP contribution < -0.4 is 0 Å². The first-order valence-electron chi connectivity index (χ1n) is 0.183. The molecular formula is H3AgCeCuInMoNbPTeW. The van der Waals surface area contributed by atoms with E-state index in [1.54, 1.807) is 21.0 Å². The fraction of sp³-hybridized carbons (Fsp3) is 0. The predicted molar refractivity (Wildman–Crippen MR) is 22.6 cm³/mol. The van der Waals surface area contributed by atoms with Gasteiger partial charge in [0.05, 0.1) is 0 Å². The third-order valence-electron chi connectivity index (χ3n) is 0. The predicted octanol–water partition coefficient (Wildman–Crippen LogP) is -0.716. The summed E-state index contributed by atoms with van der Waals surface area (Å²) in [4.78, 5) is 0. The van der Waals surface area contributed by atoms with Gasteiger partial charge in [-0.25, -0.2) is 0 Å². The Morgan fingerprint density at radius 1 is 1.11 bits per heavy atom. The number of hydrogen-bond donors (Lipinski definition) is 0. The maximum atomic E-state index is 3.54. The molecule has 0 nitrogen and oxygen atoms in total. The van der Waals surface area contributed by atoms with Gasteiger partial charge in [-0.05, 0) is 0 Å². The first-order valence-corrected chi connectivity index (χ1v) is 3.67. The summed E-state index contributed by atoms with van der Waals surface area (Å²) >= 11 is 1.64. The summed E-state index contributed by atoms with van der Waals surface area (Å²) < 4.78 is 0. The van der Waals surface area contributed by atoms with Crippen LogP contribution in [0.3, 0.4) is 0 Å². The average molecular weight is 961 g/mol. The van der Waals surface area contributed by atoms with Crippen molar-refractivity contribution in [1.82, 2.24) is 0 Å². The van der Waals surface area contributed by atoms with Gasteiger partial charge in [-0.15, -0.1) is 0 Å². The molecule has 0 aliphatic rings. The van der Waals surface area contributed by atoms with E-state index in [1.807, 2.05) is 0 Å². The fourth-order valence-electron chi connectivity index (χ4n) is 0. The zero-order valence-electron chi connectivity index (χ0n) is 3.22. The van der Waals surface area contributed by atoms with Crippen LogP contribution in [0.15, 0.2) is 0 Å². The Kier molecular flexibility index (Phi) is 383. The van der Waals surface area contributed by atoms with E-state index in [0.717, 1.165) is 0 Å². The van der Waals surface area contributed by atoms with Gasteiger partial charge in [-0.3, -0.25) is 0 Å². The Labute approximate surface area is 193 Å². The zero-order chi connectivity index (χ0) is 2.00. The van der Waals surface area contributed by atoms with Crippen LogP contribution in [-0.2, 0) is 104 Å². The molecule has 0 aromatic heterocycles. The third-order valence-corrected chi connectivity index (χ3v) is 0. The molecule has 9 heavy (non-hydrogen) atoms. The maximum Gasteiger partial charge on any atom is 0 e. The first-order chi connectivity index (χ1) is 1.00. The summed E-state index contributed by atoms with van der Waals surface area (Å²) in [7, 11) is 0. The van der Waals surface area contributed by atoms with Crippen LogP contribution >= 0.6 is 6.24 Å². The van der Waals surface area contributed by atoms with E-state index in [2.05, 4.69) is 6.24 Å². The van der Waals surface area contributed by atoms with Crippen LogP contribution in [0.2, 0.25) is 0 Å². The molecule has 0 saturated heterocycles. The molecule has 0 aliphatic carbocycles. The second-order valence-corrected chi connectivity index (χ2v) is 0. The smallest absolute Gasteiger partial charge is 0 e. The topological polar surface area (TPSA) is 0 Å². The molecule has 0 aromatic carbocycles. The van der Waals surface area contributed by atoms with E-state index in [0.29, 0.717) is 0 Å². The molecule has 0 aromatic rings. The first kappa shape index (κ1) is 56.7. The fourth-order valence-corrected chi connectivity index (χ4v) is 0. The van der Waals surface area contributed by atoms with Crippen molar-refractivity contribution in [3.8, 4) is 0 Å². The molecule has 0 N–H and O–H groups in total.